The van der Waals surface area contributed by atoms with Gasteiger partial charge in [0, 0.05) is 37.6 Å². The van der Waals surface area contributed by atoms with Crippen LogP contribution in [0.4, 0.5) is 0 Å². The number of piperidine rings is 1. The molecule has 6 nitrogen and oxygen atoms in total. The quantitative estimate of drug-likeness (QED) is 0.680. The van der Waals surface area contributed by atoms with E-state index >= 15 is 0 Å². The molecule has 140 valence electrons. The third-order valence-electron chi connectivity index (χ3n) is 4.94. The summed E-state index contributed by atoms with van der Waals surface area (Å²) >= 11 is 0. The molecule has 1 aliphatic rings. The van der Waals surface area contributed by atoms with Crippen LogP contribution in [0.15, 0.2) is 72.0 Å². The number of hydrogen-bond donors (Lipinski definition) is 0. The van der Waals surface area contributed by atoms with E-state index < -0.39 is 10.0 Å². The lowest BCUT2D eigenvalue weighted by Crippen LogP contribution is -2.39. The van der Waals surface area contributed by atoms with E-state index in [1.807, 2.05) is 30.5 Å². The Hall–Kier alpha value is -2.51. The molecule has 1 aromatic carbocycles. The zero-order valence-electron chi connectivity index (χ0n) is 15.0. The van der Waals surface area contributed by atoms with Crippen molar-refractivity contribution < 1.29 is 8.42 Å². The lowest BCUT2D eigenvalue weighted by atomic mass is 9.99. The monoisotopic (exact) mass is 382 g/mol. The number of benzene rings is 1. The molecule has 1 aliphatic heterocycles. The van der Waals surface area contributed by atoms with Gasteiger partial charge < -0.3 is 4.57 Å². The highest BCUT2D eigenvalue weighted by Gasteiger charge is 2.32. The molecular formula is C20H22N4O2S. The van der Waals surface area contributed by atoms with Crippen molar-refractivity contribution in [1.29, 1.82) is 0 Å². The van der Waals surface area contributed by atoms with Crippen molar-refractivity contribution in [2.24, 2.45) is 0 Å². The van der Waals surface area contributed by atoms with Gasteiger partial charge in [-0.3, -0.25) is 4.98 Å². The second-order valence-corrected chi connectivity index (χ2v) is 8.69. The first kappa shape index (κ1) is 17.9. The molecule has 0 aliphatic carbocycles. The zero-order valence-corrected chi connectivity index (χ0v) is 15.8. The fourth-order valence-corrected chi connectivity index (χ4v) is 5.14. The van der Waals surface area contributed by atoms with E-state index in [4.69, 9.17) is 0 Å². The van der Waals surface area contributed by atoms with Crippen molar-refractivity contribution in [2.75, 3.05) is 13.1 Å². The van der Waals surface area contributed by atoms with Crippen LogP contribution >= 0.6 is 0 Å². The maximum Gasteiger partial charge on any atom is 0.243 e. The number of rotatable bonds is 5. The van der Waals surface area contributed by atoms with Crippen molar-refractivity contribution in [3.63, 3.8) is 0 Å². The van der Waals surface area contributed by atoms with Crippen LogP contribution in [0.25, 0.3) is 0 Å². The van der Waals surface area contributed by atoms with Gasteiger partial charge in [0.1, 0.15) is 5.82 Å². The highest BCUT2D eigenvalue weighted by molar-refractivity contribution is 7.89. The van der Waals surface area contributed by atoms with Gasteiger partial charge >= 0.3 is 0 Å². The molecule has 4 rings (SSSR count). The van der Waals surface area contributed by atoms with E-state index in [1.54, 1.807) is 41.0 Å². The Labute approximate surface area is 159 Å². The SMILES string of the molecule is O=S(=O)(c1ccccc1)N1CCCC(c2nccn2Cc2ccccn2)C1. The molecule has 1 unspecified atom stereocenters. The average molecular weight is 382 g/mol. The Balaban J connectivity index is 1.55. The minimum Gasteiger partial charge on any atom is -0.329 e. The fourth-order valence-electron chi connectivity index (χ4n) is 3.59. The predicted octanol–water partition coefficient (Wildman–Crippen LogP) is 2.89. The maximum atomic E-state index is 13.0. The first-order valence-corrected chi connectivity index (χ1v) is 10.5. The molecule has 1 fully saturated rings. The van der Waals surface area contributed by atoms with Crippen LogP contribution in [-0.4, -0.2) is 40.3 Å². The lowest BCUT2D eigenvalue weighted by Gasteiger charge is -2.31. The summed E-state index contributed by atoms with van der Waals surface area (Å²) in [5.74, 6) is 1.00. The van der Waals surface area contributed by atoms with Crippen LogP contribution in [0.5, 0.6) is 0 Å². The Kier molecular flexibility index (Phi) is 5.05. The minimum absolute atomic E-state index is 0.0796. The predicted molar refractivity (Wildman–Crippen MR) is 103 cm³/mol. The molecule has 0 radical (unpaired) electrons. The highest BCUT2D eigenvalue weighted by Crippen LogP contribution is 2.29. The summed E-state index contributed by atoms with van der Waals surface area (Å²) in [6, 6.07) is 14.5. The van der Waals surface area contributed by atoms with Crippen LogP contribution in [0.2, 0.25) is 0 Å². The Morgan fingerprint density at radius 3 is 2.59 bits per heavy atom. The fraction of sp³-hybridized carbons (Fsp3) is 0.300. The Bertz CT molecular complexity index is 987. The minimum atomic E-state index is -3.47. The number of aromatic nitrogens is 3. The van der Waals surface area contributed by atoms with Gasteiger partial charge in [0.15, 0.2) is 0 Å². The molecule has 1 atom stereocenters. The molecule has 0 spiro atoms. The first-order valence-electron chi connectivity index (χ1n) is 9.11. The van der Waals surface area contributed by atoms with Crippen LogP contribution in [0.3, 0.4) is 0 Å². The van der Waals surface area contributed by atoms with E-state index in [9.17, 15) is 8.42 Å². The standard InChI is InChI=1S/C20H22N4O2S/c25-27(26,19-9-2-1-3-10-19)24-13-6-7-17(15-24)20-22-12-14-23(20)16-18-8-4-5-11-21-18/h1-5,8-12,14,17H,6-7,13,15-16H2. The van der Waals surface area contributed by atoms with Gasteiger partial charge in [-0.05, 0) is 37.1 Å². The molecule has 0 amide bonds. The first-order chi connectivity index (χ1) is 13.1. The van der Waals surface area contributed by atoms with Crippen LogP contribution < -0.4 is 0 Å². The highest BCUT2D eigenvalue weighted by atomic mass is 32.2. The smallest absolute Gasteiger partial charge is 0.243 e. The molecule has 3 heterocycles. The second kappa shape index (κ2) is 7.62. The summed E-state index contributed by atoms with van der Waals surface area (Å²) in [6.07, 6.45) is 7.26. The van der Waals surface area contributed by atoms with Gasteiger partial charge in [0.2, 0.25) is 10.0 Å². The van der Waals surface area contributed by atoms with E-state index in [2.05, 4.69) is 14.5 Å². The van der Waals surface area contributed by atoms with Crippen molar-refractivity contribution in [1.82, 2.24) is 18.8 Å². The molecule has 0 N–H and O–H groups in total. The zero-order chi connectivity index (χ0) is 18.7. The van der Waals surface area contributed by atoms with E-state index in [0.717, 1.165) is 24.4 Å². The van der Waals surface area contributed by atoms with Crippen molar-refractivity contribution in [2.45, 2.75) is 30.2 Å². The van der Waals surface area contributed by atoms with E-state index in [0.29, 0.717) is 24.5 Å². The summed E-state index contributed by atoms with van der Waals surface area (Å²) in [5.41, 5.74) is 0.960. The van der Waals surface area contributed by atoms with Gasteiger partial charge in [-0.2, -0.15) is 4.31 Å². The molecule has 0 bridgehead atoms. The van der Waals surface area contributed by atoms with Crippen LogP contribution in [0.1, 0.15) is 30.3 Å². The number of nitrogens with zero attached hydrogens (tertiary/aromatic N) is 4. The topological polar surface area (TPSA) is 68.1 Å². The molecular weight excluding hydrogens is 360 g/mol. The number of sulfonamides is 1. The third kappa shape index (κ3) is 3.79. The summed E-state index contributed by atoms with van der Waals surface area (Å²) in [7, 11) is -3.47. The van der Waals surface area contributed by atoms with Crippen molar-refractivity contribution >= 4 is 10.0 Å². The van der Waals surface area contributed by atoms with Gasteiger partial charge in [-0.1, -0.05) is 24.3 Å². The molecule has 7 heteroatoms. The number of imidazole rings is 1. The van der Waals surface area contributed by atoms with Gasteiger partial charge in [-0.25, -0.2) is 13.4 Å². The summed E-state index contributed by atoms with van der Waals surface area (Å²) in [5, 5.41) is 0. The summed E-state index contributed by atoms with van der Waals surface area (Å²) in [4.78, 5) is 9.27. The largest absolute Gasteiger partial charge is 0.329 e. The molecule has 1 saturated heterocycles. The molecule has 0 saturated carbocycles. The third-order valence-corrected chi connectivity index (χ3v) is 6.82. The number of pyridine rings is 1. The normalized spacial score (nSPS) is 18.4. The van der Waals surface area contributed by atoms with Crippen molar-refractivity contribution in [3.05, 3.63) is 78.6 Å². The van der Waals surface area contributed by atoms with Crippen LogP contribution in [0, 0.1) is 0 Å². The Morgan fingerprint density at radius 1 is 1.00 bits per heavy atom. The van der Waals surface area contributed by atoms with Crippen molar-refractivity contribution in [3.8, 4) is 0 Å². The van der Waals surface area contributed by atoms with Gasteiger partial charge in [0.25, 0.3) is 0 Å². The average Bonchev–Trinajstić information content (AvgIpc) is 3.18. The second-order valence-electron chi connectivity index (χ2n) is 6.75. The molecule has 27 heavy (non-hydrogen) atoms. The summed E-state index contributed by atoms with van der Waals surface area (Å²) in [6.45, 7) is 1.64. The Morgan fingerprint density at radius 2 is 1.81 bits per heavy atom. The van der Waals surface area contributed by atoms with E-state index in [1.165, 1.54) is 0 Å². The van der Waals surface area contributed by atoms with E-state index in [-0.39, 0.29) is 5.92 Å². The van der Waals surface area contributed by atoms with Crippen LogP contribution in [-0.2, 0) is 16.6 Å². The maximum absolute atomic E-state index is 13.0. The number of hydrogen-bond acceptors (Lipinski definition) is 4. The van der Waals surface area contributed by atoms with Gasteiger partial charge in [0.05, 0.1) is 17.1 Å². The molecule has 3 aromatic rings. The van der Waals surface area contributed by atoms with Gasteiger partial charge in [-0.15, -0.1) is 0 Å². The lowest BCUT2D eigenvalue weighted by molar-refractivity contribution is 0.305. The molecule has 2 aromatic heterocycles. The summed E-state index contributed by atoms with van der Waals surface area (Å²) < 4.78 is 29.6.